The van der Waals surface area contributed by atoms with Crippen LogP contribution in [0, 0.1) is 10.1 Å². The van der Waals surface area contributed by atoms with Gasteiger partial charge in [-0.1, -0.05) is 31.4 Å². The predicted molar refractivity (Wildman–Crippen MR) is 161 cm³/mol. The van der Waals surface area contributed by atoms with Crippen LogP contribution in [0.4, 0.5) is 5.69 Å². The summed E-state index contributed by atoms with van der Waals surface area (Å²) in [7, 11) is 0. The van der Waals surface area contributed by atoms with Crippen LogP contribution < -0.4 is 10.3 Å². The molecule has 1 amide bonds. The molecule has 1 aliphatic rings. The van der Waals surface area contributed by atoms with E-state index < -0.39 is 16.7 Å². The Morgan fingerprint density at radius 1 is 1.05 bits per heavy atom. The van der Waals surface area contributed by atoms with Crippen molar-refractivity contribution in [1.29, 1.82) is 0 Å². The van der Waals surface area contributed by atoms with E-state index in [1.807, 2.05) is 6.07 Å². The van der Waals surface area contributed by atoms with E-state index in [0.717, 1.165) is 37.5 Å². The van der Waals surface area contributed by atoms with E-state index in [2.05, 4.69) is 4.98 Å². The van der Waals surface area contributed by atoms with E-state index in [1.165, 1.54) is 37.3 Å². The topological polar surface area (TPSA) is 149 Å². The third-order valence-electron chi connectivity index (χ3n) is 7.39. The summed E-state index contributed by atoms with van der Waals surface area (Å²) >= 11 is 0. The van der Waals surface area contributed by atoms with Gasteiger partial charge in [0.25, 0.3) is 5.69 Å². The van der Waals surface area contributed by atoms with Crippen molar-refractivity contribution in [1.82, 2.24) is 9.88 Å². The Bertz CT molecular complexity index is 1570. The van der Waals surface area contributed by atoms with Gasteiger partial charge in [-0.05, 0) is 62.1 Å². The molecule has 0 saturated heterocycles. The standard InChI is InChI=1S/C32H35N3O8/c1-22(36)28(20-23-7-5-10-26(19-23)35(40)41)32(39)43-18-16-34(25-8-3-2-4-9-25)31(38)11-6-17-42-27-13-14-29-24(21-27)12-15-30(37)33-29/h5,7,10,12-15,19-21,25H,2-4,6,8-9,11,16-18H2,1H3,(H,33,37). The number of carbonyl (C=O) groups is 3. The number of nitrogens with one attached hydrogen (secondary N) is 1. The molecule has 0 unspecified atom stereocenters. The number of ether oxygens (including phenoxy) is 2. The molecule has 3 aromatic rings. The third-order valence-corrected chi connectivity index (χ3v) is 7.39. The molecule has 0 bridgehead atoms. The van der Waals surface area contributed by atoms with Gasteiger partial charge in [-0.15, -0.1) is 0 Å². The van der Waals surface area contributed by atoms with Crippen LogP contribution in [0.2, 0.25) is 0 Å². The summed E-state index contributed by atoms with van der Waals surface area (Å²) in [5.41, 5.74) is 0.485. The summed E-state index contributed by atoms with van der Waals surface area (Å²) < 4.78 is 11.3. The number of pyridine rings is 1. The number of nitro benzene ring substituents is 1. The number of hydrogen-bond acceptors (Lipinski definition) is 8. The fourth-order valence-electron chi connectivity index (χ4n) is 5.20. The molecule has 0 atom stereocenters. The Labute approximate surface area is 248 Å². The summed E-state index contributed by atoms with van der Waals surface area (Å²) in [6.07, 6.45) is 6.93. The molecule has 11 heteroatoms. The van der Waals surface area contributed by atoms with Crippen LogP contribution in [0.25, 0.3) is 17.0 Å². The van der Waals surface area contributed by atoms with Gasteiger partial charge >= 0.3 is 5.97 Å². The second-order valence-corrected chi connectivity index (χ2v) is 10.5. The van der Waals surface area contributed by atoms with Gasteiger partial charge in [0.05, 0.1) is 18.1 Å². The average molecular weight is 590 g/mol. The highest BCUT2D eigenvalue weighted by atomic mass is 16.6. The molecule has 0 radical (unpaired) electrons. The zero-order valence-corrected chi connectivity index (χ0v) is 24.1. The number of esters is 1. The summed E-state index contributed by atoms with van der Waals surface area (Å²) in [4.78, 5) is 64.8. The van der Waals surface area contributed by atoms with Gasteiger partial charge in [0.1, 0.15) is 17.9 Å². The van der Waals surface area contributed by atoms with Crippen LogP contribution >= 0.6 is 0 Å². The molecule has 4 rings (SSSR count). The van der Waals surface area contributed by atoms with Crippen molar-refractivity contribution in [2.24, 2.45) is 0 Å². The van der Waals surface area contributed by atoms with Crippen LogP contribution in [0.5, 0.6) is 5.75 Å². The van der Waals surface area contributed by atoms with Crippen molar-refractivity contribution in [3.05, 3.63) is 86.2 Å². The van der Waals surface area contributed by atoms with Crippen LogP contribution in [0.1, 0.15) is 57.4 Å². The molecule has 0 spiro atoms. The number of carbonyl (C=O) groups excluding carboxylic acids is 3. The minimum Gasteiger partial charge on any atom is -0.494 e. The quantitative estimate of drug-likeness (QED) is 0.0559. The SMILES string of the molecule is CC(=O)C(=Cc1cccc([N+](=O)[O-])c1)C(=O)OCCN(C(=O)CCCOc1ccc2[nH]c(=O)ccc2c1)C1CCCCC1. The van der Waals surface area contributed by atoms with Gasteiger partial charge in [0.2, 0.25) is 11.5 Å². The molecule has 1 aliphatic carbocycles. The van der Waals surface area contributed by atoms with Gasteiger partial charge in [-0.2, -0.15) is 0 Å². The van der Waals surface area contributed by atoms with E-state index in [0.29, 0.717) is 29.9 Å². The van der Waals surface area contributed by atoms with Crippen molar-refractivity contribution in [3.8, 4) is 5.75 Å². The zero-order valence-electron chi connectivity index (χ0n) is 24.1. The fourth-order valence-corrected chi connectivity index (χ4v) is 5.20. The first-order chi connectivity index (χ1) is 20.7. The smallest absolute Gasteiger partial charge is 0.341 e. The monoisotopic (exact) mass is 589 g/mol. The minimum absolute atomic E-state index is 0.0520. The number of hydrogen-bond donors (Lipinski definition) is 1. The van der Waals surface area contributed by atoms with E-state index in [9.17, 15) is 29.3 Å². The molecular weight excluding hydrogens is 554 g/mol. The van der Waals surface area contributed by atoms with Crippen LogP contribution in [-0.2, 0) is 19.1 Å². The van der Waals surface area contributed by atoms with E-state index in [-0.39, 0.29) is 48.3 Å². The highest BCUT2D eigenvalue weighted by molar-refractivity contribution is 6.19. The second kappa shape index (κ2) is 14.9. The van der Waals surface area contributed by atoms with Crippen LogP contribution in [0.3, 0.4) is 0 Å². The van der Waals surface area contributed by atoms with Gasteiger partial charge in [0, 0.05) is 41.6 Å². The molecule has 2 aromatic carbocycles. The Morgan fingerprint density at radius 3 is 2.58 bits per heavy atom. The lowest BCUT2D eigenvalue weighted by molar-refractivity contribution is -0.384. The molecule has 1 heterocycles. The molecule has 0 aliphatic heterocycles. The Balaban J connectivity index is 1.33. The first-order valence-corrected chi connectivity index (χ1v) is 14.4. The third kappa shape index (κ3) is 8.84. The average Bonchev–Trinajstić information content (AvgIpc) is 3.00. The second-order valence-electron chi connectivity index (χ2n) is 10.5. The number of nitrogens with zero attached hydrogens (tertiary/aromatic N) is 2. The van der Waals surface area contributed by atoms with Crippen molar-refractivity contribution in [2.75, 3.05) is 19.8 Å². The summed E-state index contributed by atoms with van der Waals surface area (Å²) in [6, 6.07) is 14.2. The summed E-state index contributed by atoms with van der Waals surface area (Å²) in [5.74, 6) is -0.789. The molecule has 43 heavy (non-hydrogen) atoms. The van der Waals surface area contributed by atoms with E-state index >= 15 is 0 Å². The van der Waals surface area contributed by atoms with Gasteiger partial charge < -0.3 is 19.4 Å². The lowest BCUT2D eigenvalue weighted by atomic mass is 9.94. The van der Waals surface area contributed by atoms with Crippen LogP contribution in [-0.4, -0.2) is 58.3 Å². The van der Waals surface area contributed by atoms with Crippen molar-refractivity contribution in [3.63, 3.8) is 0 Å². The molecular formula is C32H35N3O8. The van der Waals surface area contributed by atoms with E-state index in [1.54, 1.807) is 29.2 Å². The molecule has 11 nitrogen and oxygen atoms in total. The zero-order chi connectivity index (χ0) is 30.8. The molecule has 1 saturated carbocycles. The number of H-pyrrole nitrogens is 1. The summed E-state index contributed by atoms with van der Waals surface area (Å²) in [5, 5.41) is 11.9. The fraction of sp³-hybridized carbons (Fsp3) is 0.375. The number of ketones is 1. The number of fused-ring (bicyclic) bond motifs is 1. The van der Waals surface area contributed by atoms with Crippen LogP contribution in [0.15, 0.2) is 65.0 Å². The highest BCUT2D eigenvalue weighted by Crippen LogP contribution is 2.24. The largest absolute Gasteiger partial charge is 0.494 e. The number of amides is 1. The van der Waals surface area contributed by atoms with E-state index in [4.69, 9.17) is 9.47 Å². The molecule has 1 fully saturated rings. The number of benzene rings is 2. The number of rotatable bonds is 13. The first kappa shape index (κ1) is 31.1. The lowest BCUT2D eigenvalue weighted by Crippen LogP contribution is -2.43. The maximum atomic E-state index is 13.3. The van der Waals surface area contributed by atoms with Crippen molar-refractivity contribution < 1.29 is 28.8 Å². The minimum atomic E-state index is -0.845. The predicted octanol–water partition coefficient (Wildman–Crippen LogP) is 4.97. The van der Waals surface area contributed by atoms with Crippen molar-refractivity contribution in [2.45, 2.75) is 57.9 Å². The number of aromatic nitrogens is 1. The summed E-state index contributed by atoms with van der Waals surface area (Å²) in [6.45, 7) is 1.67. The highest BCUT2D eigenvalue weighted by Gasteiger charge is 2.26. The maximum Gasteiger partial charge on any atom is 0.341 e. The molecule has 1 N–H and O–H groups in total. The van der Waals surface area contributed by atoms with Gasteiger partial charge in [-0.25, -0.2) is 4.79 Å². The number of nitro groups is 1. The maximum absolute atomic E-state index is 13.3. The molecule has 1 aromatic heterocycles. The molecule has 226 valence electrons. The Kier molecular flexibility index (Phi) is 10.8. The number of non-ortho nitro benzene ring substituents is 1. The first-order valence-electron chi connectivity index (χ1n) is 14.4. The normalized spacial score (nSPS) is 13.8. The number of Topliss-reactive ketones (excluding diaryl/α,β-unsaturated/α-hetero) is 1. The van der Waals surface area contributed by atoms with Crippen molar-refractivity contribution >= 4 is 40.3 Å². The lowest BCUT2D eigenvalue weighted by Gasteiger charge is -2.34. The Hall–Kier alpha value is -4.80. The Morgan fingerprint density at radius 2 is 1.84 bits per heavy atom. The van der Waals surface area contributed by atoms with Gasteiger partial charge in [0.15, 0.2) is 5.78 Å². The van der Waals surface area contributed by atoms with Gasteiger partial charge in [-0.3, -0.25) is 24.5 Å². The number of aromatic amines is 1.